The van der Waals surface area contributed by atoms with Crippen molar-refractivity contribution in [3.05, 3.63) is 83.2 Å². The molecule has 9 nitrogen and oxygen atoms in total. The number of carbonyl (C=O) groups is 2. The van der Waals surface area contributed by atoms with Crippen LogP contribution in [0.25, 0.3) is 16.9 Å². The molecular formula is C27H30N6O3. The minimum atomic E-state index is -0.602. The van der Waals surface area contributed by atoms with Crippen LogP contribution in [0.2, 0.25) is 0 Å². The number of nitrogens with one attached hydrogen (secondary N) is 2. The van der Waals surface area contributed by atoms with Crippen molar-refractivity contribution in [2.45, 2.75) is 46.4 Å². The quantitative estimate of drug-likeness (QED) is 0.354. The predicted octanol–water partition coefficient (Wildman–Crippen LogP) is 4.46. The third kappa shape index (κ3) is 5.63. The molecule has 36 heavy (non-hydrogen) atoms. The van der Waals surface area contributed by atoms with E-state index in [4.69, 9.17) is 15.5 Å². The maximum Gasteiger partial charge on any atom is 0.407 e. The number of anilines is 1. The lowest BCUT2D eigenvalue weighted by Gasteiger charge is -2.20. The summed E-state index contributed by atoms with van der Waals surface area (Å²) in [6.07, 6.45) is 1.16. The number of hydrogen-bond acceptors (Lipinski definition) is 6. The van der Waals surface area contributed by atoms with Crippen molar-refractivity contribution in [3.63, 3.8) is 0 Å². The fraction of sp³-hybridized carbons (Fsp3) is 0.259. The Balaban J connectivity index is 1.70. The van der Waals surface area contributed by atoms with Crippen LogP contribution >= 0.6 is 0 Å². The number of nitrogens with zero attached hydrogens (tertiary/aromatic N) is 3. The Hall–Kier alpha value is -4.40. The number of fused-ring (bicyclic) bond motifs is 1. The van der Waals surface area contributed by atoms with Crippen molar-refractivity contribution >= 4 is 28.7 Å². The summed E-state index contributed by atoms with van der Waals surface area (Å²) in [5.74, 6) is 0.514. The second kappa shape index (κ2) is 10.1. The number of aryl methyl sites for hydroxylation is 1. The maximum absolute atomic E-state index is 12.2. The second-order valence-corrected chi connectivity index (χ2v) is 9.46. The van der Waals surface area contributed by atoms with Crippen LogP contribution in [0, 0.1) is 6.92 Å². The molecule has 0 aliphatic rings. The standard InChI is InChI=1S/C27H30N6O3/c1-17-13-21-20(23(28)34)11-8-12-22(21)33(17)25-30-15-19(16-31-26(35)36-27(2,3)4)24(32-25)29-14-18-9-6-5-7-10-18/h5-13,15H,14,16H2,1-4H3,(H2,28,34)(H,31,35)(H,29,30,32). The molecule has 4 rings (SSSR count). The van der Waals surface area contributed by atoms with E-state index in [0.717, 1.165) is 22.2 Å². The topological polar surface area (TPSA) is 124 Å². The maximum atomic E-state index is 12.2. The molecule has 0 radical (unpaired) electrons. The highest BCUT2D eigenvalue weighted by Crippen LogP contribution is 2.26. The number of rotatable bonds is 7. The molecule has 0 aliphatic carbocycles. The molecule has 0 fully saturated rings. The summed E-state index contributed by atoms with van der Waals surface area (Å²) in [5, 5.41) is 6.88. The van der Waals surface area contributed by atoms with Gasteiger partial charge in [-0.15, -0.1) is 0 Å². The van der Waals surface area contributed by atoms with Gasteiger partial charge >= 0.3 is 6.09 Å². The predicted molar refractivity (Wildman–Crippen MR) is 139 cm³/mol. The van der Waals surface area contributed by atoms with Crippen LogP contribution in [-0.4, -0.2) is 32.1 Å². The highest BCUT2D eigenvalue weighted by molar-refractivity contribution is 6.06. The van der Waals surface area contributed by atoms with E-state index in [1.165, 1.54) is 0 Å². The number of hydrogen-bond donors (Lipinski definition) is 3. The van der Waals surface area contributed by atoms with Crippen LogP contribution in [0.3, 0.4) is 0 Å². The highest BCUT2D eigenvalue weighted by Gasteiger charge is 2.19. The SMILES string of the molecule is Cc1cc2c(C(N)=O)cccc2n1-c1ncc(CNC(=O)OC(C)(C)C)c(NCc2ccccc2)n1. The monoisotopic (exact) mass is 486 g/mol. The van der Waals surface area contributed by atoms with Crippen LogP contribution in [0.15, 0.2) is 60.8 Å². The van der Waals surface area contributed by atoms with Gasteiger partial charge in [0.15, 0.2) is 0 Å². The Morgan fingerprint density at radius 1 is 1.06 bits per heavy atom. The van der Waals surface area contributed by atoms with Crippen molar-refractivity contribution in [2.75, 3.05) is 5.32 Å². The first-order valence-corrected chi connectivity index (χ1v) is 11.6. The van der Waals surface area contributed by atoms with Gasteiger partial charge in [0.05, 0.1) is 12.1 Å². The lowest BCUT2D eigenvalue weighted by atomic mass is 10.1. The zero-order valence-corrected chi connectivity index (χ0v) is 20.8. The number of benzene rings is 2. The van der Waals surface area contributed by atoms with Crippen LogP contribution in [-0.2, 0) is 17.8 Å². The van der Waals surface area contributed by atoms with Gasteiger partial charge in [-0.05, 0) is 51.5 Å². The third-order valence-corrected chi connectivity index (χ3v) is 5.47. The van der Waals surface area contributed by atoms with Crippen molar-refractivity contribution in [1.29, 1.82) is 0 Å². The molecular weight excluding hydrogens is 456 g/mol. The Bertz CT molecular complexity index is 1410. The summed E-state index contributed by atoms with van der Waals surface area (Å²) in [6.45, 7) is 8.07. The summed E-state index contributed by atoms with van der Waals surface area (Å²) in [5.41, 5.74) is 8.83. The van der Waals surface area contributed by atoms with Gasteiger partial charge in [-0.25, -0.2) is 9.78 Å². The van der Waals surface area contributed by atoms with Crippen LogP contribution in [0.1, 0.15) is 48.0 Å². The molecule has 2 aromatic carbocycles. The molecule has 186 valence electrons. The van der Waals surface area contributed by atoms with Crippen molar-refractivity contribution in [2.24, 2.45) is 5.73 Å². The molecule has 2 amide bonds. The Labute approximate surface area is 209 Å². The zero-order valence-electron chi connectivity index (χ0n) is 20.8. The van der Waals surface area contributed by atoms with Gasteiger partial charge in [-0.3, -0.25) is 9.36 Å². The number of alkyl carbamates (subject to hydrolysis) is 1. The van der Waals surface area contributed by atoms with E-state index in [1.807, 2.05) is 74.7 Å². The summed E-state index contributed by atoms with van der Waals surface area (Å²) >= 11 is 0. The minimum Gasteiger partial charge on any atom is -0.444 e. The molecule has 4 aromatic rings. The lowest BCUT2D eigenvalue weighted by Crippen LogP contribution is -2.32. The number of aromatic nitrogens is 3. The molecule has 0 atom stereocenters. The summed E-state index contributed by atoms with van der Waals surface area (Å²) in [7, 11) is 0. The first-order chi connectivity index (χ1) is 17.1. The molecule has 0 saturated carbocycles. The Morgan fingerprint density at radius 2 is 1.81 bits per heavy atom. The summed E-state index contributed by atoms with van der Waals surface area (Å²) < 4.78 is 7.23. The first kappa shape index (κ1) is 24.7. The van der Waals surface area contributed by atoms with Gasteiger partial charge in [0.25, 0.3) is 0 Å². The minimum absolute atomic E-state index is 0.184. The van der Waals surface area contributed by atoms with Gasteiger partial charge in [-0.1, -0.05) is 36.4 Å². The fourth-order valence-corrected chi connectivity index (χ4v) is 3.89. The molecule has 0 unspecified atom stereocenters. The van der Waals surface area contributed by atoms with Crippen molar-refractivity contribution in [1.82, 2.24) is 19.9 Å². The van der Waals surface area contributed by atoms with Crippen LogP contribution in [0.4, 0.5) is 10.6 Å². The van der Waals surface area contributed by atoms with E-state index in [0.29, 0.717) is 29.4 Å². The van der Waals surface area contributed by atoms with E-state index in [-0.39, 0.29) is 6.54 Å². The molecule has 2 aromatic heterocycles. The second-order valence-electron chi connectivity index (χ2n) is 9.46. The number of carbonyl (C=O) groups excluding carboxylic acids is 2. The average molecular weight is 487 g/mol. The van der Waals surface area contributed by atoms with Gasteiger partial charge in [0.1, 0.15) is 11.4 Å². The molecule has 2 heterocycles. The third-order valence-electron chi connectivity index (χ3n) is 5.47. The number of ether oxygens (including phenoxy) is 1. The molecule has 0 spiro atoms. The first-order valence-electron chi connectivity index (χ1n) is 11.6. The van der Waals surface area contributed by atoms with E-state index in [9.17, 15) is 9.59 Å². The molecule has 9 heteroatoms. The van der Waals surface area contributed by atoms with Crippen molar-refractivity contribution in [3.8, 4) is 5.95 Å². The Kier molecular flexibility index (Phi) is 6.91. The number of primary amides is 1. The van der Waals surface area contributed by atoms with Gasteiger partial charge < -0.3 is 21.1 Å². The zero-order chi connectivity index (χ0) is 25.9. The summed E-state index contributed by atoms with van der Waals surface area (Å²) in [6, 6.07) is 17.2. The lowest BCUT2D eigenvalue weighted by molar-refractivity contribution is 0.0523. The number of nitrogens with two attached hydrogens (primary N) is 1. The van der Waals surface area contributed by atoms with Crippen molar-refractivity contribution < 1.29 is 14.3 Å². The Morgan fingerprint density at radius 3 is 2.50 bits per heavy atom. The smallest absolute Gasteiger partial charge is 0.407 e. The molecule has 0 saturated heterocycles. The molecule has 0 bridgehead atoms. The fourth-order valence-electron chi connectivity index (χ4n) is 3.89. The van der Waals surface area contributed by atoms with E-state index in [1.54, 1.807) is 18.3 Å². The van der Waals surface area contributed by atoms with Gasteiger partial charge in [-0.2, -0.15) is 4.98 Å². The molecule has 4 N–H and O–H groups in total. The van der Waals surface area contributed by atoms with Crippen LogP contribution in [0.5, 0.6) is 0 Å². The summed E-state index contributed by atoms with van der Waals surface area (Å²) in [4.78, 5) is 33.5. The average Bonchev–Trinajstić information content (AvgIpc) is 3.16. The van der Waals surface area contributed by atoms with E-state index < -0.39 is 17.6 Å². The van der Waals surface area contributed by atoms with E-state index >= 15 is 0 Å². The normalized spacial score (nSPS) is 11.3. The van der Waals surface area contributed by atoms with Gasteiger partial charge in [0, 0.05) is 34.9 Å². The highest BCUT2D eigenvalue weighted by atomic mass is 16.6. The molecule has 0 aliphatic heterocycles. The van der Waals surface area contributed by atoms with E-state index in [2.05, 4.69) is 15.6 Å². The van der Waals surface area contributed by atoms with Crippen LogP contribution < -0.4 is 16.4 Å². The van der Waals surface area contributed by atoms with Gasteiger partial charge in [0.2, 0.25) is 11.9 Å². The largest absolute Gasteiger partial charge is 0.444 e. The number of amides is 2.